The molecule has 8 heteroatoms. The molecule has 27 heavy (non-hydrogen) atoms. The lowest BCUT2D eigenvalue weighted by Gasteiger charge is -2.14. The van der Waals surface area contributed by atoms with Crippen molar-refractivity contribution in [3.63, 3.8) is 0 Å². The SMILES string of the molecule is C[C@H](OC(=O)c1cccc(S(N)(=O)=O)c1)C(=O)Nc1ccc2c(c1)CCC2. The Labute approximate surface area is 157 Å². The number of primary sulfonamides is 1. The van der Waals surface area contributed by atoms with Gasteiger partial charge in [0.25, 0.3) is 5.91 Å². The van der Waals surface area contributed by atoms with Gasteiger partial charge in [-0.3, -0.25) is 4.79 Å². The van der Waals surface area contributed by atoms with E-state index in [4.69, 9.17) is 9.88 Å². The normalized spacial score (nSPS) is 14.3. The minimum Gasteiger partial charge on any atom is -0.449 e. The lowest BCUT2D eigenvalue weighted by molar-refractivity contribution is -0.123. The quantitative estimate of drug-likeness (QED) is 0.760. The molecule has 3 N–H and O–H groups in total. The zero-order chi connectivity index (χ0) is 19.6. The summed E-state index contributed by atoms with van der Waals surface area (Å²) in [5, 5.41) is 7.79. The Morgan fingerprint density at radius 3 is 2.59 bits per heavy atom. The van der Waals surface area contributed by atoms with Crippen LogP contribution in [0.5, 0.6) is 0 Å². The minimum atomic E-state index is -3.94. The maximum absolute atomic E-state index is 12.3. The number of fused-ring (bicyclic) bond motifs is 1. The monoisotopic (exact) mass is 388 g/mol. The fourth-order valence-corrected chi connectivity index (χ4v) is 3.54. The maximum atomic E-state index is 12.3. The molecule has 0 aromatic heterocycles. The molecule has 2 aromatic rings. The molecule has 1 amide bonds. The second kappa shape index (κ2) is 7.50. The molecule has 0 saturated heterocycles. The summed E-state index contributed by atoms with van der Waals surface area (Å²) >= 11 is 0. The molecular formula is C19H20N2O5S. The third kappa shape index (κ3) is 4.53. The summed E-state index contributed by atoms with van der Waals surface area (Å²) in [6, 6.07) is 10.9. The van der Waals surface area contributed by atoms with Crippen molar-refractivity contribution >= 4 is 27.6 Å². The molecule has 1 aliphatic rings. The van der Waals surface area contributed by atoms with Gasteiger partial charge in [0.2, 0.25) is 10.0 Å². The summed E-state index contributed by atoms with van der Waals surface area (Å²) in [5.41, 5.74) is 3.16. The number of ether oxygens (including phenoxy) is 1. The summed E-state index contributed by atoms with van der Waals surface area (Å²) in [6.45, 7) is 1.45. The molecular weight excluding hydrogens is 368 g/mol. The Kier molecular flexibility index (Phi) is 5.29. The highest BCUT2D eigenvalue weighted by molar-refractivity contribution is 7.89. The van der Waals surface area contributed by atoms with Crippen molar-refractivity contribution in [3.8, 4) is 0 Å². The van der Waals surface area contributed by atoms with Crippen LogP contribution in [-0.2, 0) is 32.4 Å². The highest BCUT2D eigenvalue weighted by Gasteiger charge is 2.21. The number of benzene rings is 2. The van der Waals surface area contributed by atoms with E-state index in [1.165, 1.54) is 36.2 Å². The molecule has 0 saturated carbocycles. The lowest BCUT2D eigenvalue weighted by atomic mass is 10.1. The van der Waals surface area contributed by atoms with Crippen LogP contribution in [0, 0.1) is 0 Å². The van der Waals surface area contributed by atoms with Crippen LogP contribution >= 0.6 is 0 Å². The Morgan fingerprint density at radius 2 is 1.85 bits per heavy atom. The van der Waals surface area contributed by atoms with Crippen LogP contribution in [0.1, 0.15) is 34.8 Å². The molecule has 2 aromatic carbocycles. The third-order valence-electron chi connectivity index (χ3n) is 4.42. The number of aryl methyl sites for hydroxylation is 2. The molecule has 0 spiro atoms. The Hall–Kier alpha value is -2.71. The van der Waals surface area contributed by atoms with Gasteiger partial charge in [-0.1, -0.05) is 12.1 Å². The number of nitrogens with two attached hydrogens (primary N) is 1. The summed E-state index contributed by atoms with van der Waals surface area (Å²) in [4.78, 5) is 24.3. The van der Waals surface area contributed by atoms with Gasteiger partial charge >= 0.3 is 5.97 Å². The van der Waals surface area contributed by atoms with E-state index >= 15 is 0 Å². The molecule has 142 valence electrons. The number of sulfonamides is 1. The number of esters is 1. The van der Waals surface area contributed by atoms with Crippen molar-refractivity contribution in [1.29, 1.82) is 0 Å². The van der Waals surface area contributed by atoms with Crippen molar-refractivity contribution < 1.29 is 22.7 Å². The van der Waals surface area contributed by atoms with Gasteiger partial charge < -0.3 is 10.1 Å². The highest BCUT2D eigenvalue weighted by Crippen LogP contribution is 2.25. The zero-order valence-corrected chi connectivity index (χ0v) is 15.6. The van der Waals surface area contributed by atoms with Crippen molar-refractivity contribution in [2.45, 2.75) is 37.2 Å². The van der Waals surface area contributed by atoms with E-state index < -0.39 is 28.0 Å². The summed E-state index contributed by atoms with van der Waals surface area (Å²) in [7, 11) is -3.94. The summed E-state index contributed by atoms with van der Waals surface area (Å²) in [6.07, 6.45) is 2.10. The fourth-order valence-electron chi connectivity index (χ4n) is 2.98. The number of carbonyl (C=O) groups is 2. The Bertz CT molecular complexity index is 1000. The number of nitrogens with one attached hydrogen (secondary N) is 1. The van der Waals surface area contributed by atoms with Crippen LogP contribution in [0.2, 0.25) is 0 Å². The van der Waals surface area contributed by atoms with Crippen molar-refractivity contribution in [2.75, 3.05) is 5.32 Å². The van der Waals surface area contributed by atoms with E-state index in [-0.39, 0.29) is 10.5 Å². The summed E-state index contributed by atoms with van der Waals surface area (Å²) < 4.78 is 27.9. The van der Waals surface area contributed by atoms with Crippen molar-refractivity contribution in [1.82, 2.24) is 0 Å². The van der Waals surface area contributed by atoms with E-state index in [1.54, 1.807) is 0 Å². The average Bonchev–Trinajstić information content (AvgIpc) is 3.08. The van der Waals surface area contributed by atoms with Crippen molar-refractivity contribution in [2.24, 2.45) is 5.14 Å². The molecule has 0 radical (unpaired) electrons. The standard InChI is InChI=1S/C19H20N2O5S/c1-12(18(22)21-16-9-8-13-4-2-5-14(13)10-16)26-19(23)15-6-3-7-17(11-15)27(20,24)25/h3,6-12H,2,4-5H2,1H3,(H,21,22)(H2,20,24,25)/t12-/m0/s1. The summed E-state index contributed by atoms with van der Waals surface area (Å²) in [5.74, 6) is -1.28. The van der Waals surface area contributed by atoms with Crippen LogP contribution in [0.25, 0.3) is 0 Å². The highest BCUT2D eigenvalue weighted by atomic mass is 32.2. The maximum Gasteiger partial charge on any atom is 0.338 e. The molecule has 0 bridgehead atoms. The largest absolute Gasteiger partial charge is 0.449 e. The molecule has 0 fully saturated rings. The van der Waals surface area contributed by atoms with E-state index in [2.05, 4.69) is 5.32 Å². The van der Waals surface area contributed by atoms with Crippen LogP contribution in [-0.4, -0.2) is 26.4 Å². The Balaban J connectivity index is 1.65. The van der Waals surface area contributed by atoms with E-state index in [1.807, 2.05) is 18.2 Å². The molecule has 3 rings (SSSR count). The second-order valence-corrected chi connectivity index (χ2v) is 8.01. The number of hydrogen-bond acceptors (Lipinski definition) is 5. The van der Waals surface area contributed by atoms with Crippen molar-refractivity contribution in [3.05, 3.63) is 59.2 Å². The number of carbonyl (C=O) groups excluding carboxylic acids is 2. The van der Waals surface area contributed by atoms with Crippen LogP contribution in [0.3, 0.4) is 0 Å². The number of hydrogen-bond donors (Lipinski definition) is 2. The first-order valence-electron chi connectivity index (χ1n) is 8.50. The molecule has 0 aliphatic heterocycles. The first-order valence-corrected chi connectivity index (χ1v) is 10.1. The van der Waals surface area contributed by atoms with Gasteiger partial charge in [-0.2, -0.15) is 0 Å². The van der Waals surface area contributed by atoms with E-state index in [0.29, 0.717) is 5.69 Å². The first kappa shape index (κ1) is 19.1. The van der Waals surface area contributed by atoms with Gasteiger partial charge in [-0.25, -0.2) is 18.4 Å². The minimum absolute atomic E-state index is 0.00120. The molecule has 0 heterocycles. The lowest BCUT2D eigenvalue weighted by Crippen LogP contribution is -2.30. The molecule has 0 unspecified atom stereocenters. The topological polar surface area (TPSA) is 116 Å². The molecule has 1 aliphatic carbocycles. The van der Waals surface area contributed by atoms with Gasteiger partial charge in [0, 0.05) is 5.69 Å². The van der Waals surface area contributed by atoms with Gasteiger partial charge in [0.05, 0.1) is 10.5 Å². The Morgan fingerprint density at radius 1 is 1.11 bits per heavy atom. The fraction of sp³-hybridized carbons (Fsp3) is 0.263. The van der Waals surface area contributed by atoms with Crippen LogP contribution in [0.4, 0.5) is 5.69 Å². The number of anilines is 1. The molecule has 7 nitrogen and oxygen atoms in total. The second-order valence-electron chi connectivity index (χ2n) is 6.45. The zero-order valence-electron chi connectivity index (χ0n) is 14.8. The predicted molar refractivity (Wildman–Crippen MR) is 99.8 cm³/mol. The number of amides is 1. The average molecular weight is 388 g/mol. The van der Waals surface area contributed by atoms with Gasteiger partial charge in [-0.15, -0.1) is 0 Å². The third-order valence-corrected chi connectivity index (χ3v) is 5.33. The van der Waals surface area contributed by atoms with E-state index in [9.17, 15) is 18.0 Å². The van der Waals surface area contributed by atoms with E-state index in [0.717, 1.165) is 25.3 Å². The van der Waals surface area contributed by atoms with Crippen LogP contribution < -0.4 is 10.5 Å². The number of rotatable bonds is 5. The first-order chi connectivity index (χ1) is 12.7. The smallest absolute Gasteiger partial charge is 0.338 e. The van der Waals surface area contributed by atoms with Gasteiger partial charge in [-0.05, 0) is 67.6 Å². The van der Waals surface area contributed by atoms with Gasteiger partial charge in [0.1, 0.15) is 0 Å². The van der Waals surface area contributed by atoms with Gasteiger partial charge in [0.15, 0.2) is 6.10 Å². The van der Waals surface area contributed by atoms with Crippen LogP contribution in [0.15, 0.2) is 47.4 Å². The molecule has 1 atom stereocenters. The predicted octanol–water partition coefficient (Wildman–Crippen LogP) is 2.01.